The highest BCUT2D eigenvalue weighted by Crippen LogP contribution is 2.32. The van der Waals surface area contributed by atoms with Crippen molar-refractivity contribution in [3.8, 4) is 0 Å². The standard InChI is InChI=1S/C14H20O/c1-3-10-14(12-15,11-4-2)13-8-6-5-7-9-13/h5-9,12H,3-4,10-11H2,1-2H3. The highest BCUT2D eigenvalue weighted by molar-refractivity contribution is 5.68. The summed E-state index contributed by atoms with van der Waals surface area (Å²) in [7, 11) is 0. The van der Waals surface area contributed by atoms with Crippen LogP contribution < -0.4 is 0 Å². The maximum absolute atomic E-state index is 11.4. The third kappa shape index (κ3) is 2.68. The smallest absolute Gasteiger partial charge is 0.130 e. The minimum Gasteiger partial charge on any atom is -0.302 e. The van der Waals surface area contributed by atoms with Gasteiger partial charge in [0.15, 0.2) is 0 Å². The predicted octanol–water partition coefficient (Wildman–Crippen LogP) is 3.72. The number of carbonyl (C=O) groups excluding carboxylic acids is 1. The van der Waals surface area contributed by atoms with Crippen molar-refractivity contribution in [1.29, 1.82) is 0 Å². The first-order valence-corrected chi connectivity index (χ1v) is 5.81. The van der Waals surface area contributed by atoms with Crippen molar-refractivity contribution in [2.24, 2.45) is 0 Å². The highest BCUT2D eigenvalue weighted by Gasteiger charge is 2.29. The Morgan fingerprint density at radius 1 is 1.07 bits per heavy atom. The molecule has 1 aromatic rings. The lowest BCUT2D eigenvalue weighted by molar-refractivity contribution is -0.113. The normalized spacial score (nSPS) is 11.3. The average Bonchev–Trinajstić information content (AvgIpc) is 2.30. The molecule has 0 aliphatic heterocycles. The number of aldehydes is 1. The summed E-state index contributed by atoms with van der Waals surface area (Å²) in [6.07, 6.45) is 5.15. The van der Waals surface area contributed by atoms with E-state index in [9.17, 15) is 4.79 Å². The first-order chi connectivity index (χ1) is 7.29. The van der Waals surface area contributed by atoms with E-state index in [0.29, 0.717) is 0 Å². The van der Waals surface area contributed by atoms with Gasteiger partial charge in [0, 0.05) is 0 Å². The lowest BCUT2D eigenvalue weighted by Gasteiger charge is -2.27. The Balaban J connectivity index is 3.03. The highest BCUT2D eigenvalue weighted by atomic mass is 16.1. The van der Waals surface area contributed by atoms with Crippen LogP contribution in [0.4, 0.5) is 0 Å². The third-order valence-electron chi connectivity index (χ3n) is 2.97. The van der Waals surface area contributed by atoms with Crippen molar-refractivity contribution in [2.45, 2.75) is 44.9 Å². The second-order valence-electron chi connectivity index (χ2n) is 4.14. The van der Waals surface area contributed by atoms with Gasteiger partial charge in [-0.2, -0.15) is 0 Å². The van der Waals surface area contributed by atoms with Gasteiger partial charge in [0.05, 0.1) is 5.41 Å². The molecule has 15 heavy (non-hydrogen) atoms. The molecule has 1 aromatic carbocycles. The summed E-state index contributed by atoms with van der Waals surface area (Å²) in [5.74, 6) is 0. The number of hydrogen-bond donors (Lipinski definition) is 0. The number of rotatable bonds is 6. The molecule has 0 radical (unpaired) electrons. The zero-order valence-electron chi connectivity index (χ0n) is 9.70. The van der Waals surface area contributed by atoms with Gasteiger partial charge >= 0.3 is 0 Å². The Bertz CT molecular complexity index is 283. The molecule has 82 valence electrons. The summed E-state index contributed by atoms with van der Waals surface area (Å²) in [6, 6.07) is 10.2. The van der Waals surface area contributed by atoms with Crippen LogP contribution in [-0.4, -0.2) is 6.29 Å². The fourth-order valence-electron chi connectivity index (χ4n) is 2.26. The third-order valence-corrected chi connectivity index (χ3v) is 2.97. The zero-order chi connectivity index (χ0) is 11.1. The molecule has 0 spiro atoms. The van der Waals surface area contributed by atoms with Gasteiger partial charge in [0.2, 0.25) is 0 Å². The Morgan fingerprint density at radius 2 is 1.60 bits per heavy atom. The number of benzene rings is 1. The number of carbonyl (C=O) groups is 1. The van der Waals surface area contributed by atoms with E-state index in [1.807, 2.05) is 18.2 Å². The van der Waals surface area contributed by atoms with E-state index in [1.165, 1.54) is 5.56 Å². The Labute approximate surface area is 92.5 Å². The monoisotopic (exact) mass is 204 g/mol. The molecule has 0 heterocycles. The van der Waals surface area contributed by atoms with E-state index in [2.05, 4.69) is 26.0 Å². The summed E-state index contributed by atoms with van der Waals surface area (Å²) >= 11 is 0. The van der Waals surface area contributed by atoms with Gasteiger partial charge in [-0.3, -0.25) is 0 Å². The molecule has 0 unspecified atom stereocenters. The maximum Gasteiger partial charge on any atom is 0.130 e. The molecule has 1 nitrogen and oxygen atoms in total. The summed E-state index contributed by atoms with van der Waals surface area (Å²) in [5, 5.41) is 0. The SMILES string of the molecule is CCCC(C=O)(CCC)c1ccccc1. The van der Waals surface area contributed by atoms with Crippen LogP contribution in [0.25, 0.3) is 0 Å². The fourth-order valence-corrected chi connectivity index (χ4v) is 2.26. The topological polar surface area (TPSA) is 17.1 Å². The summed E-state index contributed by atoms with van der Waals surface area (Å²) < 4.78 is 0. The van der Waals surface area contributed by atoms with Gasteiger partial charge in [-0.15, -0.1) is 0 Å². The van der Waals surface area contributed by atoms with Crippen LogP contribution in [0, 0.1) is 0 Å². The first kappa shape index (κ1) is 12.0. The fraction of sp³-hybridized carbons (Fsp3) is 0.500. The van der Waals surface area contributed by atoms with Crippen LogP contribution in [-0.2, 0) is 10.2 Å². The van der Waals surface area contributed by atoms with Gasteiger partial charge in [-0.1, -0.05) is 57.0 Å². The van der Waals surface area contributed by atoms with E-state index in [4.69, 9.17) is 0 Å². The lowest BCUT2D eigenvalue weighted by Crippen LogP contribution is -2.27. The first-order valence-electron chi connectivity index (χ1n) is 5.81. The summed E-state index contributed by atoms with van der Waals surface area (Å²) in [4.78, 5) is 11.4. The van der Waals surface area contributed by atoms with Crippen molar-refractivity contribution >= 4 is 6.29 Å². The van der Waals surface area contributed by atoms with Crippen LogP contribution in [0.5, 0.6) is 0 Å². The molecule has 0 amide bonds. The largest absolute Gasteiger partial charge is 0.302 e. The van der Waals surface area contributed by atoms with E-state index >= 15 is 0 Å². The van der Waals surface area contributed by atoms with Crippen molar-refractivity contribution in [1.82, 2.24) is 0 Å². The summed E-state index contributed by atoms with van der Waals surface area (Å²) in [6.45, 7) is 4.27. The molecule has 0 saturated carbocycles. The Morgan fingerprint density at radius 3 is 2.00 bits per heavy atom. The molecule has 1 rings (SSSR count). The van der Waals surface area contributed by atoms with Crippen molar-refractivity contribution in [3.63, 3.8) is 0 Å². The van der Waals surface area contributed by atoms with Crippen LogP contribution in [0.1, 0.15) is 45.1 Å². The minimum atomic E-state index is -0.245. The minimum absolute atomic E-state index is 0.245. The molecule has 1 heteroatoms. The van der Waals surface area contributed by atoms with Gasteiger partial charge in [0.25, 0.3) is 0 Å². The Kier molecular flexibility index (Phi) is 4.54. The molecule has 0 aromatic heterocycles. The molecule has 0 fully saturated rings. The van der Waals surface area contributed by atoms with Crippen LogP contribution in [0.2, 0.25) is 0 Å². The van der Waals surface area contributed by atoms with Crippen molar-refractivity contribution < 1.29 is 4.79 Å². The van der Waals surface area contributed by atoms with E-state index in [-0.39, 0.29) is 5.41 Å². The van der Waals surface area contributed by atoms with Gasteiger partial charge in [0.1, 0.15) is 6.29 Å². The maximum atomic E-state index is 11.4. The molecule has 0 N–H and O–H groups in total. The number of hydrogen-bond acceptors (Lipinski definition) is 1. The summed E-state index contributed by atoms with van der Waals surface area (Å²) in [5.41, 5.74) is 0.925. The quantitative estimate of drug-likeness (QED) is 0.645. The van der Waals surface area contributed by atoms with Gasteiger partial charge < -0.3 is 4.79 Å². The average molecular weight is 204 g/mol. The molecular formula is C14H20O. The van der Waals surface area contributed by atoms with E-state index in [1.54, 1.807) is 0 Å². The second-order valence-corrected chi connectivity index (χ2v) is 4.14. The molecule has 0 aliphatic rings. The predicted molar refractivity (Wildman–Crippen MR) is 64.0 cm³/mol. The Hall–Kier alpha value is -1.11. The second kappa shape index (κ2) is 5.69. The van der Waals surface area contributed by atoms with Crippen LogP contribution in [0.3, 0.4) is 0 Å². The molecule has 0 aliphatic carbocycles. The van der Waals surface area contributed by atoms with E-state index in [0.717, 1.165) is 32.0 Å². The van der Waals surface area contributed by atoms with Crippen molar-refractivity contribution in [3.05, 3.63) is 35.9 Å². The van der Waals surface area contributed by atoms with Crippen LogP contribution in [0.15, 0.2) is 30.3 Å². The van der Waals surface area contributed by atoms with Gasteiger partial charge in [-0.25, -0.2) is 0 Å². The molecule has 0 saturated heterocycles. The van der Waals surface area contributed by atoms with Crippen molar-refractivity contribution in [2.75, 3.05) is 0 Å². The zero-order valence-corrected chi connectivity index (χ0v) is 9.70. The van der Waals surface area contributed by atoms with E-state index < -0.39 is 0 Å². The van der Waals surface area contributed by atoms with Gasteiger partial charge in [-0.05, 0) is 18.4 Å². The lowest BCUT2D eigenvalue weighted by atomic mass is 9.75. The van der Waals surface area contributed by atoms with Crippen LogP contribution >= 0.6 is 0 Å². The molecule has 0 bridgehead atoms. The molecular weight excluding hydrogens is 184 g/mol. The molecule has 0 atom stereocenters.